The van der Waals surface area contributed by atoms with Crippen molar-refractivity contribution in [3.63, 3.8) is 0 Å². The Morgan fingerprint density at radius 1 is 1.50 bits per heavy atom. The van der Waals surface area contributed by atoms with Crippen LogP contribution >= 0.6 is 0 Å². The van der Waals surface area contributed by atoms with E-state index in [-0.39, 0.29) is 80.8 Å². The molecule has 0 N–H and O–H groups in total. The molecule has 3 aromatic heterocycles. The number of aryl methyl sites for hydroxylation is 1. The number of rotatable bonds is 1. The van der Waals surface area contributed by atoms with Gasteiger partial charge in [0.15, 0.2) is 0 Å². The molecule has 7 nitrogen and oxygen atoms in total. The van der Waals surface area contributed by atoms with Gasteiger partial charge in [-0.15, -0.1) is 0 Å². The second-order valence-electron chi connectivity index (χ2n) is 3.41. The fraction of sp³-hybridized carbons (Fsp3) is 0.100. The van der Waals surface area contributed by atoms with E-state index in [9.17, 15) is 4.79 Å². The monoisotopic (exact) mass is 268 g/mol. The van der Waals surface area contributed by atoms with Crippen molar-refractivity contribution >= 4 is 5.65 Å². The van der Waals surface area contributed by atoms with Crippen molar-refractivity contribution in [2.45, 2.75) is 6.92 Å². The summed E-state index contributed by atoms with van der Waals surface area (Å²) in [5.41, 5.74) is 0.298. The van der Waals surface area contributed by atoms with E-state index in [2.05, 4.69) is 25.6 Å². The van der Waals surface area contributed by atoms with Crippen molar-refractivity contribution in [2.24, 2.45) is 0 Å². The first-order valence-corrected chi connectivity index (χ1v) is 4.78. The minimum absolute atomic E-state index is 0. The van der Waals surface area contributed by atoms with Gasteiger partial charge in [0.2, 0.25) is 0 Å². The Labute approximate surface area is 147 Å². The molecule has 0 spiro atoms. The zero-order chi connectivity index (χ0) is 13.6. The van der Waals surface area contributed by atoms with E-state index in [1.165, 1.54) is 6.07 Å². The number of fused-ring (bicyclic) bond motifs is 1. The van der Waals surface area contributed by atoms with Gasteiger partial charge in [0.05, 0.1) is 8.30 Å². The van der Waals surface area contributed by atoms with E-state index in [1.54, 1.807) is 13.0 Å². The maximum Gasteiger partial charge on any atom is 1.00 e. The molecular weight excluding hydrogens is 259 g/mol. The topological polar surface area (TPSA) is 87.1 Å². The first kappa shape index (κ1) is 10.9. The largest absolute Gasteiger partial charge is 1.00 e. The van der Waals surface area contributed by atoms with E-state index in [4.69, 9.17) is 2.74 Å². The van der Waals surface area contributed by atoms with Crippen molar-refractivity contribution < 1.29 is 54.1 Å². The van der Waals surface area contributed by atoms with Gasteiger partial charge in [-0.3, -0.25) is 19.5 Å². The first-order chi connectivity index (χ1) is 9.09. The van der Waals surface area contributed by atoms with Crippen LogP contribution in [0.25, 0.3) is 17.0 Å². The number of tetrazole rings is 1. The second kappa shape index (κ2) is 5.37. The Bertz CT molecular complexity index is 832. The molecule has 18 heavy (non-hydrogen) atoms. The van der Waals surface area contributed by atoms with Crippen LogP contribution in [-0.2, 0) is 0 Å². The number of aromatic nitrogens is 6. The van der Waals surface area contributed by atoms with Crippen LogP contribution in [0.15, 0.2) is 29.3 Å². The molecule has 0 aliphatic rings. The van der Waals surface area contributed by atoms with Gasteiger partial charge in [-0.05, 0) is 18.6 Å². The maximum absolute atomic E-state index is 12.4. The van der Waals surface area contributed by atoms with Crippen LogP contribution in [0.3, 0.4) is 0 Å². The van der Waals surface area contributed by atoms with Crippen molar-refractivity contribution in [3.8, 4) is 11.4 Å². The van der Waals surface area contributed by atoms with Crippen molar-refractivity contribution in [1.82, 2.24) is 30.0 Å². The van der Waals surface area contributed by atoms with Gasteiger partial charge in [0, 0.05) is 18.2 Å². The average molecular weight is 268 g/mol. The molecule has 0 atom stereocenters. The van der Waals surface area contributed by atoms with E-state index in [0.717, 1.165) is 4.40 Å². The van der Waals surface area contributed by atoms with Crippen LogP contribution in [0, 0.1) is 6.92 Å². The summed E-state index contributed by atoms with van der Waals surface area (Å²) in [6.07, 6.45) is -0.277. The molecule has 0 radical (unpaired) electrons. The number of pyridine rings is 1. The zero-order valence-corrected chi connectivity index (χ0v) is 12.9. The quantitative estimate of drug-likeness (QED) is 0.432. The number of hydrogen-bond acceptors (Lipinski definition) is 5. The predicted octanol–water partition coefficient (Wildman–Crippen LogP) is -3.18. The Balaban J connectivity index is 0.00000147. The third-order valence-corrected chi connectivity index (χ3v) is 2.33. The first-order valence-electron chi connectivity index (χ1n) is 5.78. The Hall–Kier alpha value is -0.934. The molecular formula is C10H7KN6O. The number of hydrogen-bond donors (Lipinski definition) is 0. The molecule has 0 fully saturated rings. The summed E-state index contributed by atoms with van der Waals surface area (Å²) in [6, 6.07) is 3.16. The summed E-state index contributed by atoms with van der Waals surface area (Å²) in [6.45, 7) is 1.75. The molecule has 3 heterocycles. The third-order valence-electron chi connectivity index (χ3n) is 2.33. The molecule has 3 aromatic rings. The molecule has 0 bridgehead atoms. The fourth-order valence-electron chi connectivity index (χ4n) is 1.50. The molecule has 0 unspecified atom stereocenters. The fourth-order valence-corrected chi connectivity index (χ4v) is 1.50. The van der Waals surface area contributed by atoms with Crippen molar-refractivity contribution in [3.05, 3.63) is 40.4 Å². The molecule has 3 rings (SSSR count). The minimum atomic E-state index is -0.571. The standard InChI is InChI=1S/C10H7N6O.K/c1-6-3-2-4-16-9(6)11-5-7(10(16)17)8-12-14-15-13-8;/h2-5H,1H3;/q-1;+1/i4D,5D;. The van der Waals surface area contributed by atoms with Gasteiger partial charge in [-0.2, -0.15) is 5.21 Å². The molecule has 0 aliphatic carbocycles. The Morgan fingerprint density at radius 3 is 3.06 bits per heavy atom. The molecule has 0 saturated carbocycles. The van der Waals surface area contributed by atoms with Gasteiger partial charge in [-0.1, -0.05) is 6.07 Å². The normalized spacial score (nSPS) is 11.8. The molecule has 0 saturated heterocycles. The van der Waals surface area contributed by atoms with E-state index >= 15 is 0 Å². The third kappa shape index (κ3) is 2.17. The molecule has 0 amide bonds. The van der Waals surface area contributed by atoms with Crippen LogP contribution in [0.4, 0.5) is 0 Å². The van der Waals surface area contributed by atoms with Gasteiger partial charge >= 0.3 is 51.4 Å². The molecule has 8 heteroatoms. The zero-order valence-electron chi connectivity index (χ0n) is 11.7. The Morgan fingerprint density at radius 2 is 2.33 bits per heavy atom. The van der Waals surface area contributed by atoms with Crippen molar-refractivity contribution in [2.75, 3.05) is 0 Å². The summed E-state index contributed by atoms with van der Waals surface area (Å²) >= 11 is 0. The summed E-state index contributed by atoms with van der Waals surface area (Å²) in [5, 5.41) is 13.7. The van der Waals surface area contributed by atoms with E-state index in [1.807, 2.05) is 0 Å². The second-order valence-corrected chi connectivity index (χ2v) is 3.41. The van der Waals surface area contributed by atoms with Crippen LogP contribution in [0.5, 0.6) is 0 Å². The van der Waals surface area contributed by atoms with E-state index in [0.29, 0.717) is 5.56 Å². The molecule has 0 aliphatic heterocycles. The summed E-state index contributed by atoms with van der Waals surface area (Å²) in [7, 11) is 0. The van der Waals surface area contributed by atoms with Crippen molar-refractivity contribution in [1.29, 1.82) is 0 Å². The molecule has 0 aromatic carbocycles. The van der Waals surface area contributed by atoms with Gasteiger partial charge in [0.1, 0.15) is 5.65 Å². The average Bonchev–Trinajstić information content (AvgIpc) is 2.87. The smallest absolute Gasteiger partial charge is 0.330 e. The van der Waals surface area contributed by atoms with Crippen LogP contribution in [0.1, 0.15) is 8.30 Å². The molecule has 84 valence electrons. The van der Waals surface area contributed by atoms with Gasteiger partial charge in [0.25, 0.3) is 5.56 Å². The van der Waals surface area contributed by atoms with Crippen LogP contribution < -0.4 is 62.0 Å². The summed E-state index contributed by atoms with van der Waals surface area (Å²) in [5.74, 6) is -0.0576. The summed E-state index contributed by atoms with van der Waals surface area (Å²) < 4.78 is 16.7. The predicted molar refractivity (Wildman–Crippen MR) is 58.3 cm³/mol. The number of nitrogens with zero attached hydrogens (tertiary/aromatic N) is 6. The van der Waals surface area contributed by atoms with E-state index < -0.39 is 5.56 Å². The summed E-state index contributed by atoms with van der Waals surface area (Å²) in [4.78, 5) is 16.4. The van der Waals surface area contributed by atoms with Gasteiger partial charge < -0.3 is 5.10 Å². The SMILES string of the molecule is [2H]c1nc2c(C)ccc([2H])n2c(=O)c1-c1nnn[n-]1.[K+]. The van der Waals surface area contributed by atoms with Gasteiger partial charge in [-0.25, -0.2) is 4.98 Å². The van der Waals surface area contributed by atoms with Crippen LogP contribution in [-0.4, -0.2) is 24.9 Å². The maximum atomic E-state index is 12.4. The van der Waals surface area contributed by atoms with Crippen LogP contribution in [0.2, 0.25) is 0 Å². The Kier molecular flexibility index (Phi) is 3.26. The minimum Gasteiger partial charge on any atom is -0.330 e.